The molecule has 138 valence electrons. The number of thioether (sulfide) groups is 1. The number of amides is 1. The van der Waals surface area contributed by atoms with Gasteiger partial charge in [0, 0.05) is 43.6 Å². The largest absolute Gasteiger partial charge is 0.377 e. The maximum Gasteiger partial charge on any atom is 0.271 e. The average molecular weight is 377 g/mol. The molecule has 2 aromatic rings. The molecule has 9 nitrogen and oxygen atoms in total. The number of rotatable bonds is 10. The van der Waals surface area contributed by atoms with E-state index < -0.39 is 4.92 Å². The molecule has 0 bridgehead atoms. The highest BCUT2D eigenvalue weighted by molar-refractivity contribution is 7.99. The minimum absolute atomic E-state index is 0.0691. The van der Waals surface area contributed by atoms with Crippen molar-refractivity contribution >= 4 is 29.0 Å². The van der Waals surface area contributed by atoms with Gasteiger partial charge in [0.1, 0.15) is 6.61 Å². The molecule has 0 radical (unpaired) electrons. The van der Waals surface area contributed by atoms with Gasteiger partial charge in [-0.15, -0.1) is 16.8 Å². The maximum atomic E-state index is 12.0. The summed E-state index contributed by atoms with van der Waals surface area (Å²) in [6, 6.07) is 5.83. The number of carbonyl (C=O) groups is 1. The lowest BCUT2D eigenvalue weighted by atomic mass is 10.3. The summed E-state index contributed by atoms with van der Waals surface area (Å²) in [7, 11) is 1.58. The van der Waals surface area contributed by atoms with Gasteiger partial charge in [-0.05, 0) is 6.07 Å². The summed E-state index contributed by atoms with van der Waals surface area (Å²) in [5, 5.41) is 22.3. The topological polar surface area (TPSA) is 112 Å². The molecule has 0 aliphatic carbocycles. The Kier molecular flexibility index (Phi) is 7.30. The van der Waals surface area contributed by atoms with Crippen LogP contribution < -0.4 is 5.32 Å². The van der Waals surface area contributed by atoms with E-state index in [0.717, 1.165) is 0 Å². The normalized spacial score (nSPS) is 10.5. The number of nitrogens with one attached hydrogen (secondary N) is 1. The highest BCUT2D eigenvalue weighted by atomic mass is 32.2. The van der Waals surface area contributed by atoms with E-state index in [1.165, 1.54) is 30.0 Å². The third kappa shape index (κ3) is 5.39. The van der Waals surface area contributed by atoms with Gasteiger partial charge in [0.25, 0.3) is 5.69 Å². The predicted octanol–water partition coefficient (Wildman–Crippen LogP) is 2.64. The third-order valence-electron chi connectivity index (χ3n) is 3.28. The first-order chi connectivity index (χ1) is 12.5. The molecule has 0 aliphatic rings. The van der Waals surface area contributed by atoms with Gasteiger partial charge in [-0.25, -0.2) is 0 Å². The molecule has 0 saturated heterocycles. The van der Waals surface area contributed by atoms with Crippen molar-refractivity contribution in [3.05, 3.63) is 52.9 Å². The standard InChI is InChI=1S/C16H19N5O4S/c1-3-8-20-14(11-25-2)18-19-16(20)26-9-7-15(22)17-12-5-4-6-13(10-12)21(23)24/h3-6,10H,1,7-9,11H2,2H3,(H,17,22). The number of allylic oxidation sites excluding steroid dienone is 1. The van der Waals surface area contributed by atoms with Crippen molar-refractivity contribution in [2.75, 3.05) is 18.2 Å². The number of carbonyl (C=O) groups excluding carboxylic acids is 1. The number of hydrogen-bond donors (Lipinski definition) is 1. The lowest BCUT2D eigenvalue weighted by Crippen LogP contribution is -2.12. The number of methoxy groups -OCH3 is 1. The number of aromatic nitrogens is 3. The predicted molar refractivity (Wildman–Crippen MR) is 98.0 cm³/mol. The molecule has 1 aromatic heterocycles. The van der Waals surface area contributed by atoms with Crippen molar-refractivity contribution in [3.63, 3.8) is 0 Å². The van der Waals surface area contributed by atoms with Crippen molar-refractivity contribution in [2.24, 2.45) is 0 Å². The fourth-order valence-electron chi connectivity index (χ4n) is 2.13. The summed E-state index contributed by atoms with van der Waals surface area (Å²) in [5.74, 6) is 0.948. The van der Waals surface area contributed by atoms with Crippen molar-refractivity contribution in [1.82, 2.24) is 14.8 Å². The number of non-ortho nitro benzene ring substituents is 1. The molecule has 1 heterocycles. The Bertz CT molecular complexity index is 793. The summed E-state index contributed by atoms with van der Waals surface area (Å²) in [6.07, 6.45) is 1.97. The smallest absolute Gasteiger partial charge is 0.271 e. The van der Waals surface area contributed by atoms with Crippen molar-refractivity contribution in [3.8, 4) is 0 Å². The SMILES string of the molecule is C=CCn1c(COC)nnc1SCCC(=O)Nc1cccc([N+](=O)[O-])c1. The fraction of sp³-hybridized carbons (Fsp3) is 0.312. The van der Waals surface area contributed by atoms with E-state index in [0.29, 0.717) is 35.6 Å². The maximum absolute atomic E-state index is 12.0. The molecule has 1 aromatic carbocycles. The number of nitro benzene ring substituents is 1. The van der Waals surface area contributed by atoms with Crippen molar-refractivity contribution in [1.29, 1.82) is 0 Å². The highest BCUT2D eigenvalue weighted by Gasteiger charge is 2.13. The van der Waals surface area contributed by atoms with E-state index in [1.807, 2.05) is 4.57 Å². The van der Waals surface area contributed by atoms with Crippen LogP contribution in [0.4, 0.5) is 11.4 Å². The highest BCUT2D eigenvalue weighted by Crippen LogP contribution is 2.20. The lowest BCUT2D eigenvalue weighted by Gasteiger charge is -2.07. The third-order valence-corrected chi connectivity index (χ3v) is 4.25. The van der Waals surface area contributed by atoms with Crippen LogP contribution in [0.5, 0.6) is 0 Å². The van der Waals surface area contributed by atoms with Crippen molar-refractivity contribution < 1.29 is 14.5 Å². The number of ether oxygens (including phenoxy) is 1. The van der Waals surface area contributed by atoms with Gasteiger partial charge in [-0.1, -0.05) is 23.9 Å². The summed E-state index contributed by atoms with van der Waals surface area (Å²) >= 11 is 1.40. The van der Waals surface area contributed by atoms with Crippen LogP contribution in [0.25, 0.3) is 0 Å². The summed E-state index contributed by atoms with van der Waals surface area (Å²) in [6.45, 7) is 4.61. The number of hydrogen-bond acceptors (Lipinski definition) is 7. The minimum atomic E-state index is -0.504. The molecule has 1 amide bonds. The van der Waals surface area contributed by atoms with Gasteiger partial charge in [-0.3, -0.25) is 14.9 Å². The molecule has 26 heavy (non-hydrogen) atoms. The second-order valence-corrected chi connectivity index (χ2v) is 6.25. The van der Waals surface area contributed by atoms with Crippen LogP contribution in [0.15, 0.2) is 42.1 Å². The number of nitrogens with zero attached hydrogens (tertiary/aromatic N) is 4. The van der Waals surface area contributed by atoms with Crippen LogP contribution >= 0.6 is 11.8 Å². The Morgan fingerprint density at radius 2 is 2.31 bits per heavy atom. The zero-order valence-corrected chi connectivity index (χ0v) is 15.1. The molecule has 2 rings (SSSR count). The van der Waals surface area contributed by atoms with Crippen LogP contribution in [0.1, 0.15) is 12.2 Å². The monoisotopic (exact) mass is 377 g/mol. The van der Waals surface area contributed by atoms with Crippen LogP contribution in [0.2, 0.25) is 0 Å². The molecular formula is C16H19N5O4S. The number of benzene rings is 1. The Morgan fingerprint density at radius 1 is 1.50 bits per heavy atom. The first-order valence-corrected chi connectivity index (χ1v) is 8.72. The van der Waals surface area contributed by atoms with Gasteiger partial charge >= 0.3 is 0 Å². The Labute approximate surface area is 154 Å². The minimum Gasteiger partial charge on any atom is -0.377 e. The molecule has 0 saturated carbocycles. The van der Waals surface area contributed by atoms with Crippen LogP contribution in [0, 0.1) is 10.1 Å². The molecule has 10 heteroatoms. The van der Waals surface area contributed by atoms with Crippen LogP contribution in [0.3, 0.4) is 0 Å². The quantitative estimate of drug-likeness (QED) is 0.293. The van der Waals surface area contributed by atoms with E-state index >= 15 is 0 Å². The molecule has 1 N–H and O–H groups in total. The van der Waals surface area contributed by atoms with Crippen LogP contribution in [-0.2, 0) is 22.7 Å². The van der Waals surface area contributed by atoms with E-state index in [2.05, 4.69) is 22.1 Å². The number of anilines is 1. The van der Waals surface area contributed by atoms with Gasteiger partial charge in [0.2, 0.25) is 5.91 Å². The molecule has 0 aliphatic heterocycles. The molecule has 0 atom stereocenters. The summed E-state index contributed by atoms with van der Waals surface area (Å²) in [5.41, 5.74) is 0.326. The Morgan fingerprint density at radius 3 is 3.00 bits per heavy atom. The lowest BCUT2D eigenvalue weighted by molar-refractivity contribution is -0.384. The van der Waals surface area contributed by atoms with E-state index in [1.54, 1.807) is 19.3 Å². The molecule has 0 spiro atoms. The average Bonchev–Trinajstić information content (AvgIpc) is 2.98. The second-order valence-electron chi connectivity index (χ2n) is 5.19. The second kappa shape index (κ2) is 9.68. The van der Waals surface area contributed by atoms with Crippen molar-refractivity contribution in [2.45, 2.75) is 24.7 Å². The van der Waals surface area contributed by atoms with Gasteiger partial charge in [0.05, 0.1) is 4.92 Å². The van der Waals surface area contributed by atoms with Gasteiger partial charge in [-0.2, -0.15) is 0 Å². The van der Waals surface area contributed by atoms with E-state index in [9.17, 15) is 14.9 Å². The fourth-order valence-corrected chi connectivity index (χ4v) is 3.03. The van der Waals surface area contributed by atoms with E-state index in [4.69, 9.17) is 4.74 Å². The van der Waals surface area contributed by atoms with Crippen LogP contribution in [-0.4, -0.2) is 38.5 Å². The summed E-state index contributed by atoms with van der Waals surface area (Å²) < 4.78 is 6.96. The Hall–Kier alpha value is -2.72. The molecule has 0 fully saturated rings. The van der Waals surface area contributed by atoms with Gasteiger partial charge in [0.15, 0.2) is 11.0 Å². The number of nitro groups is 1. The zero-order valence-electron chi connectivity index (χ0n) is 14.3. The van der Waals surface area contributed by atoms with E-state index in [-0.39, 0.29) is 18.0 Å². The summed E-state index contributed by atoms with van der Waals surface area (Å²) in [4.78, 5) is 22.3. The first-order valence-electron chi connectivity index (χ1n) is 7.74. The van der Waals surface area contributed by atoms with Gasteiger partial charge < -0.3 is 14.6 Å². The Balaban J connectivity index is 1.89. The zero-order chi connectivity index (χ0) is 18.9. The molecule has 0 unspecified atom stereocenters. The first kappa shape index (κ1) is 19.6. The molecular weight excluding hydrogens is 358 g/mol.